The van der Waals surface area contributed by atoms with Crippen LogP contribution in [-0.2, 0) is 0 Å². The molecule has 2 aromatic heterocycles. The van der Waals surface area contributed by atoms with Crippen molar-refractivity contribution in [2.45, 2.75) is 16.8 Å². The maximum absolute atomic E-state index is 5.17. The van der Waals surface area contributed by atoms with Gasteiger partial charge in [0.1, 0.15) is 10.8 Å². The van der Waals surface area contributed by atoms with E-state index in [4.69, 9.17) is 4.42 Å². The van der Waals surface area contributed by atoms with Crippen LogP contribution in [0.3, 0.4) is 0 Å². The molecular weight excluding hydrogens is 184 g/mol. The van der Waals surface area contributed by atoms with Crippen molar-refractivity contribution >= 4 is 11.8 Å². The number of furan rings is 1. The van der Waals surface area contributed by atoms with Gasteiger partial charge in [0.05, 0.1) is 11.2 Å². The van der Waals surface area contributed by atoms with E-state index in [1.165, 1.54) is 0 Å². The van der Waals surface area contributed by atoms with E-state index in [0.717, 1.165) is 15.7 Å². The summed E-state index contributed by atoms with van der Waals surface area (Å²) in [6.07, 6.45) is 3.33. The van der Waals surface area contributed by atoms with Gasteiger partial charge < -0.3 is 4.42 Å². The van der Waals surface area contributed by atoms with E-state index in [9.17, 15) is 0 Å². The van der Waals surface area contributed by atoms with Crippen LogP contribution in [0.4, 0.5) is 0 Å². The summed E-state index contributed by atoms with van der Waals surface area (Å²) in [4.78, 5) is 1.08. The molecule has 0 aromatic carbocycles. The maximum Gasteiger partial charge on any atom is 0.124 e. The molecule has 0 fully saturated rings. The van der Waals surface area contributed by atoms with Gasteiger partial charge >= 0.3 is 0 Å². The number of hydrogen-bond acceptors (Lipinski definition) is 4. The topological polar surface area (TPSA) is 38.9 Å². The highest BCUT2D eigenvalue weighted by Crippen LogP contribution is 2.28. The minimum absolute atomic E-state index is 0.881. The average molecular weight is 192 g/mol. The van der Waals surface area contributed by atoms with Gasteiger partial charge in [-0.25, -0.2) is 0 Å². The van der Waals surface area contributed by atoms with Crippen LogP contribution in [-0.4, -0.2) is 10.2 Å². The molecule has 0 atom stereocenters. The predicted molar refractivity (Wildman–Crippen MR) is 49.6 cm³/mol. The van der Waals surface area contributed by atoms with Gasteiger partial charge in [-0.15, -0.1) is 5.10 Å². The normalized spacial score (nSPS) is 10.2. The summed E-state index contributed by atoms with van der Waals surface area (Å²) in [5.41, 5.74) is 0. The van der Waals surface area contributed by atoms with Gasteiger partial charge in [0.25, 0.3) is 0 Å². The smallest absolute Gasteiger partial charge is 0.124 e. The van der Waals surface area contributed by atoms with Crippen LogP contribution < -0.4 is 0 Å². The molecule has 0 aliphatic rings. The largest absolute Gasteiger partial charge is 0.468 e. The summed E-state index contributed by atoms with van der Waals surface area (Å²) in [5, 5.41) is 8.64. The Balaban J connectivity index is 2.20. The predicted octanol–water partition coefficient (Wildman–Crippen LogP) is 2.53. The highest BCUT2D eigenvalue weighted by Gasteiger charge is 2.03. The Morgan fingerprint density at radius 3 is 2.92 bits per heavy atom. The van der Waals surface area contributed by atoms with Crippen molar-refractivity contribution in [3.8, 4) is 0 Å². The molecule has 2 aromatic rings. The third kappa shape index (κ3) is 1.89. The summed E-state index contributed by atoms with van der Waals surface area (Å²) in [7, 11) is 0. The van der Waals surface area contributed by atoms with E-state index in [1.54, 1.807) is 24.2 Å². The second kappa shape index (κ2) is 3.62. The zero-order chi connectivity index (χ0) is 9.10. The van der Waals surface area contributed by atoms with E-state index in [2.05, 4.69) is 10.2 Å². The minimum Gasteiger partial charge on any atom is -0.468 e. The van der Waals surface area contributed by atoms with Gasteiger partial charge in [-0.3, -0.25) is 0 Å². The fourth-order valence-electron chi connectivity index (χ4n) is 0.934. The molecule has 0 saturated carbocycles. The molecule has 13 heavy (non-hydrogen) atoms. The highest BCUT2D eigenvalue weighted by molar-refractivity contribution is 7.99. The molecule has 0 bridgehead atoms. The van der Waals surface area contributed by atoms with Gasteiger partial charge in [-0.1, -0.05) is 11.8 Å². The van der Waals surface area contributed by atoms with Crippen molar-refractivity contribution in [3.63, 3.8) is 0 Å². The molecule has 0 N–H and O–H groups in total. The summed E-state index contributed by atoms with van der Waals surface area (Å²) < 4.78 is 5.17. The Kier molecular flexibility index (Phi) is 2.31. The highest BCUT2D eigenvalue weighted by atomic mass is 32.2. The van der Waals surface area contributed by atoms with Crippen LogP contribution in [0.15, 0.2) is 45.0 Å². The zero-order valence-corrected chi connectivity index (χ0v) is 7.91. The van der Waals surface area contributed by atoms with Gasteiger partial charge in [-0.2, -0.15) is 5.10 Å². The number of nitrogens with zero attached hydrogens (tertiary/aromatic N) is 2. The number of aromatic nitrogens is 2. The Morgan fingerprint density at radius 1 is 1.38 bits per heavy atom. The first-order chi connectivity index (χ1) is 6.36. The SMILES string of the molecule is Cc1occc1Sc1cccnn1. The summed E-state index contributed by atoms with van der Waals surface area (Å²) >= 11 is 1.55. The lowest BCUT2D eigenvalue weighted by Gasteiger charge is -1.95. The molecule has 66 valence electrons. The minimum atomic E-state index is 0.881. The van der Waals surface area contributed by atoms with Crippen LogP contribution >= 0.6 is 11.8 Å². The van der Waals surface area contributed by atoms with Crippen molar-refractivity contribution in [3.05, 3.63) is 36.4 Å². The van der Waals surface area contributed by atoms with Crippen LogP contribution in [0.1, 0.15) is 5.76 Å². The van der Waals surface area contributed by atoms with Gasteiger partial charge in [-0.05, 0) is 25.1 Å². The third-order valence-corrected chi connectivity index (χ3v) is 2.64. The van der Waals surface area contributed by atoms with Crippen LogP contribution in [0.5, 0.6) is 0 Å². The Labute approximate surface area is 80.2 Å². The molecule has 4 heteroatoms. The van der Waals surface area contributed by atoms with Crippen molar-refractivity contribution in [2.24, 2.45) is 0 Å². The van der Waals surface area contributed by atoms with E-state index >= 15 is 0 Å². The van der Waals surface area contributed by atoms with E-state index in [1.807, 2.05) is 25.1 Å². The molecule has 3 nitrogen and oxygen atoms in total. The molecule has 0 spiro atoms. The van der Waals surface area contributed by atoms with E-state index in [-0.39, 0.29) is 0 Å². The van der Waals surface area contributed by atoms with Crippen LogP contribution in [0.25, 0.3) is 0 Å². The number of hydrogen-bond donors (Lipinski definition) is 0. The Bertz CT molecular complexity index is 386. The first-order valence-corrected chi connectivity index (χ1v) is 4.67. The van der Waals surface area contributed by atoms with Crippen LogP contribution in [0.2, 0.25) is 0 Å². The summed E-state index contributed by atoms with van der Waals surface area (Å²) in [6.45, 7) is 1.93. The molecule has 0 saturated heterocycles. The van der Waals surface area contributed by atoms with Crippen molar-refractivity contribution in [2.75, 3.05) is 0 Å². The molecule has 0 aliphatic carbocycles. The first kappa shape index (κ1) is 8.31. The molecular formula is C9H8N2OS. The fraction of sp³-hybridized carbons (Fsp3) is 0.111. The molecule has 2 heterocycles. The Hall–Kier alpha value is -1.29. The average Bonchev–Trinajstić information content (AvgIpc) is 2.54. The van der Waals surface area contributed by atoms with Crippen molar-refractivity contribution in [1.29, 1.82) is 0 Å². The second-order valence-corrected chi connectivity index (χ2v) is 3.57. The van der Waals surface area contributed by atoms with E-state index in [0.29, 0.717) is 0 Å². The van der Waals surface area contributed by atoms with E-state index < -0.39 is 0 Å². The van der Waals surface area contributed by atoms with Gasteiger partial charge in [0, 0.05) is 6.20 Å². The lowest BCUT2D eigenvalue weighted by molar-refractivity contribution is 0.527. The third-order valence-electron chi connectivity index (χ3n) is 1.57. The van der Waals surface area contributed by atoms with Crippen molar-refractivity contribution in [1.82, 2.24) is 10.2 Å². The quantitative estimate of drug-likeness (QED) is 0.733. The lowest BCUT2D eigenvalue weighted by atomic mass is 10.5. The first-order valence-electron chi connectivity index (χ1n) is 3.86. The summed E-state index contributed by atoms with van der Waals surface area (Å²) in [6, 6.07) is 5.71. The zero-order valence-electron chi connectivity index (χ0n) is 7.10. The fourth-order valence-corrected chi connectivity index (χ4v) is 1.71. The van der Waals surface area contributed by atoms with Gasteiger partial charge in [0.15, 0.2) is 0 Å². The Morgan fingerprint density at radius 2 is 2.31 bits per heavy atom. The lowest BCUT2D eigenvalue weighted by Crippen LogP contribution is -1.81. The molecule has 2 rings (SSSR count). The molecule has 0 aliphatic heterocycles. The number of rotatable bonds is 2. The molecule has 0 amide bonds. The standard InChI is InChI=1S/C9H8N2OS/c1-7-8(4-6-12-7)13-9-3-2-5-10-11-9/h2-6H,1H3. The second-order valence-electron chi connectivity index (χ2n) is 2.50. The van der Waals surface area contributed by atoms with Crippen molar-refractivity contribution < 1.29 is 4.42 Å². The monoisotopic (exact) mass is 192 g/mol. The maximum atomic E-state index is 5.17. The summed E-state index contributed by atoms with van der Waals surface area (Å²) in [5.74, 6) is 0.913. The molecule has 0 unspecified atom stereocenters. The molecule has 0 radical (unpaired) electrons. The van der Waals surface area contributed by atoms with Gasteiger partial charge in [0.2, 0.25) is 0 Å². The van der Waals surface area contributed by atoms with Crippen LogP contribution in [0, 0.1) is 6.92 Å². The number of aryl methyl sites for hydroxylation is 1.